The quantitative estimate of drug-likeness (QED) is 0.702. The number of hydrogen-bond acceptors (Lipinski definition) is 3. The van der Waals surface area contributed by atoms with Crippen LogP contribution in [0.15, 0.2) is 30.6 Å². The van der Waals surface area contributed by atoms with Crippen LogP contribution in [0, 0.1) is 6.92 Å². The van der Waals surface area contributed by atoms with Crippen LogP contribution in [0.1, 0.15) is 11.5 Å². The van der Waals surface area contributed by atoms with E-state index in [1.807, 2.05) is 36.0 Å². The Hall–Kier alpha value is -2.17. The monoisotopic (exact) mass is 213 g/mol. The summed E-state index contributed by atoms with van der Waals surface area (Å²) in [5.41, 5.74) is 2.71. The summed E-state index contributed by atoms with van der Waals surface area (Å²) >= 11 is 0. The number of imidazole rings is 1. The molecule has 3 heterocycles. The third-order valence-corrected chi connectivity index (χ3v) is 2.41. The second-order valence-corrected chi connectivity index (χ2v) is 3.71. The Bertz CT molecular complexity index is 608. The lowest BCUT2D eigenvalue weighted by molar-refractivity contribution is 0.663. The molecule has 0 radical (unpaired) electrons. The van der Waals surface area contributed by atoms with Crippen LogP contribution >= 0.6 is 0 Å². The average molecular weight is 213 g/mol. The van der Waals surface area contributed by atoms with Crippen molar-refractivity contribution in [3.05, 3.63) is 42.1 Å². The van der Waals surface area contributed by atoms with Crippen molar-refractivity contribution in [2.24, 2.45) is 0 Å². The maximum absolute atomic E-state index is 4.42. The highest BCUT2D eigenvalue weighted by Gasteiger charge is 2.04. The first kappa shape index (κ1) is 9.08. The highest BCUT2D eigenvalue weighted by Crippen LogP contribution is 2.10. The summed E-state index contributed by atoms with van der Waals surface area (Å²) in [4.78, 5) is 12.0. The van der Waals surface area contributed by atoms with Crippen LogP contribution in [0.5, 0.6) is 0 Å². The summed E-state index contributed by atoms with van der Waals surface area (Å²) in [7, 11) is 0. The molecule has 0 spiro atoms. The molecule has 0 aromatic carbocycles. The minimum atomic E-state index is 0.641. The van der Waals surface area contributed by atoms with Gasteiger partial charge in [-0.15, -0.1) is 0 Å². The van der Waals surface area contributed by atoms with Crippen molar-refractivity contribution in [2.75, 3.05) is 0 Å². The lowest BCUT2D eigenvalue weighted by Crippen LogP contribution is -2.01. The van der Waals surface area contributed by atoms with Crippen molar-refractivity contribution in [3.8, 4) is 0 Å². The Morgan fingerprint density at radius 2 is 2.25 bits per heavy atom. The maximum atomic E-state index is 4.42. The van der Waals surface area contributed by atoms with Gasteiger partial charge in [-0.3, -0.25) is 4.68 Å². The molecule has 5 heteroatoms. The van der Waals surface area contributed by atoms with Crippen molar-refractivity contribution in [1.82, 2.24) is 24.7 Å². The molecule has 16 heavy (non-hydrogen) atoms. The van der Waals surface area contributed by atoms with E-state index < -0.39 is 0 Å². The van der Waals surface area contributed by atoms with E-state index in [4.69, 9.17) is 0 Å². The van der Waals surface area contributed by atoms with Gasteiger partial charge in [-0.05, 0) is 25.1 Å². The number of aromatic amines is 1. The van der Waals surface area contributed by atoms with Crippen molar-refractivity contribution < 1.29 is 0 Å². The smallest absolute Gasteiger partial charge is 0.178 e. The molecule has 1 N–H and O–H groups in total. The van der Waals surface area contributed by atoms with E-state index in [2.05, 4.69) is 20.1 Å². The third kappa shape index (κ3) is 1.56. The minimum absolute atomic E-state index is 0.641. The molecule has 80 valence electrons. The molecular weight excluding hydrogens is 202 g/mol. The van der Waals surface area contributed by atoms with E-state index in [-0.39, 0.29) is 0 Å². The fourth-order valence-electron chi connectivity index (χ4n) is 1.66. The van der Waals surface area contributed by atoms with Gasteiger partial charge in [-0.25, -0.2) is 9.97 Å². The largest absolute Gasteiger partial charge is 0.339 e. The van der Waals surface area contributed by atoms with Gasteiger partial charge in [0.15, 0.2) is 5.65 Å². The molecule has 0 aliphatic heterocycles. The molecular formula is C11H11N5. The lowest BCUT2D eigenvalue weighted by atomic mass is 10.4. The number of hydrogen-bond donors (Lipinski definition) is 1. The third-order valence-electron chi connectivity index (χ3n) is 2.41. The van der Waals surface area contributed by atoms with E-state index in [0.29, 0.717) is 6.54 Å². The van der Waals surface area contributed by atoms with Crippen LogP contribution < -0.4 is 0 Å². The first-order valence-electron chi connectivity index (χ1n) is 5.11. The Balaban J connectivity index is 1.99. The maximum Gasteiger partial charge on any atom is 0.178 e. The summed E-state index contributed by atoms with van der Waals surface area (Å²) in [5.74, 6) is 0.872. The van der Waals surface area contributed by atoms with Crippen LogP contribution in [0.4, 0.5) is 0 Å². The predicted octanol–water partition coefficient (Wildman–Crippen LogP) is 1.51. The van der Waals surface area contributed by atoms with Crippen LogP contribution in [0.25, 0.3) is 11.2 Å². The summed E-state index contributed by atoms with van der Waals surface area (Å²) in [6, 6.07) is 5.86. The summed E-state index contributed by atoms with van der Waals surface area (Å²) in [5, 5.41) is 4.14. The zero-order valence-electron chi connectivity index (χ0n) is 8.88. The summed E-state index contributed by atoms with van der Waals surface area (Å²) in [6.45, 7) is 2.60. The number of rotatable bonds is 2. The second-order valence-electron chi connectivity index (χ2n) is 3.71. The molecule has 3 aromatic rings. The first-order valence-corrected chi connectivity index (χ1v) is 5.11. The lowest BCUT2D eigenvalue weighted by Gasteiger charge is -1.95. The molecule has 0 saturated carbocycles. The zero-order chi connectivity index (χ0) is 11.0. The molecule has 0 fully saturated rings. The zero-order valence-corrected chi connectivity index (χ0v) is 8.88. The molecule has 0 aliphatic carbocycles. The first-order chi connectivity index (χ1) is 7.81. The molecule has 0 atom stereocenters. The van der Waals surface area contributed by atoms with Crippen molar-refractivity contribution >= 4 is 11.2 Å². The van der Waals surface area contributed by atoms with Gasteiger partial charge >= 0.3 is 0 Å². The number of fused-ring (bicyclic) bond motifs is 1. The van der Waals surface area contributed by atoms with Crippen LogP contribution in [-0.2, 0) is 6.54 Å². The van der Waals surface area contributed by atoms with Crippen molar-refractivity contribution in [1.29, 1.82) is 0 Å². The van der Waals surface area contributed by atoms with Gasteiger partial charge in [0, 0.05) is 18.1 Å². The van der Waals surface area contributed by atoms with Gasteiger partial charge in [0.25, 0.3) is 0 Å². The molecule has 5 nitrogen and oxygen atoms in total. The summed E-state index contributed by atoms with van der Waals surface area (Å²) in [6.07, 6.45) is 3.66. The number of nitrogens with zero attached hydrogens (tertiary/aromatic N) is 4. The fraction of sp³-hybridized carbons (Fsp3) is 0.182. The number of pyridine rings is 1. The van der Waals surface area contributed by atoms with E-state index in [1.54, 1.807) is 6.20 Å². The van der Waals surface area contributed by atoms with Gasteiger partial charge in [-0.2, -0.15) is 5.10 Å². The highest BCUT2D eigenvalue weighted by atomic mass is 15.3. The number of aryl methyl sites for hydroxylation is 1. The fourth-order valence-corrected chi connectivity index (χ4v) is 1.66. The molecule has 0 amide bonds. The topological polar surface area (TPSA) is 59.4 Å². The van der Waals surface area contributed by atoms with Crippen LogP contribution in [0.3, 0.4) is 0 Å². The van der Waals surface area contributed by atoms with Gasteiger partial charge in [0.05, 0.1) is 12.1 Å². The molecule has 0 bridgehead atoms. The number of nitrogens with one attached hydrogen (secondary N) is 1. The van der Waals surface area contributed by atoms with Crippen molar-refractivity contribution in [3.63, 3.8) is 0 Å². The van der Waals surface area contributed by atoms with Crippen molar-refractivity contribution in [2.45, 2.75) is 13.5 Å². The van der Waals surface area contributed by atoms with E-state index in [9.17, 15) is 0 Å². The Morgan fingerprint density at radius 3 is 3.06 bits per heavy atom. The Morgan fingerprint density at radius 1 is 1.31 bits per heavy atom. The highest BCUT2D eigenvalue weighted by molar-refractivity contribution is 5.70. The SMILES string of the molecule is Cc1ccc2[nH]c(Cn3cccn3)nc2n1. The summed E-state index contributed by atoms with van der Waals surface area (Å²) < 4.78 is 1.82. The molecule has 0 aliphatic rings. The Kier molecular flexibility index (Phi) is 1.96. The number of aromatic nitrogens is 5. The predicted molar refractivity (Wildman–Crippen MR) is 60.0 cm³/mol. The van der Waals surface area contributed by atoms with Crippen LogP contribution in [0.2, 0.25) is 0 Å². The minimum Gasteiger partial charge on any atom is -0.339 e. The van der Waals surface area contributed by atoms with Gasteiger partial charge in [0.1, 0.15) is 5.82 Å². The molecule has 3 aromatic heterocycles. The molecule has 3 rings (SSSR count). The van der Waals surface area contributed by atoms with E-state index in [1.165, 1.54) is 0 Å². The molecule has 0 saturated heterocycles. The van der Waals surface area contributed by atoms with E-state index in [0.717, 1.165) is 22.7 Å². The van der Waals surface area contributed by atoms with E-state index >= 15 is 0 Å². The van der Waals surface area contributed by atoms with Gasteiger partial charge in [-0.1, -0.05) is 0 Å². The van der Waals surface area contributed by atoms with Gasteiger partial charge in [0.2, 0.25) is 0 Å². The van der Waals surface area contributed by atoms with Gasteiger partial charge < -0.3 is 4.98 Å². The molecule has 0 unspecified atom stereocenters. The van der Waals surface area contributed by atoms with Crippen LogP contribution in [-0.4, -0.2) is 24.7 Å². The number of H-pyrrole nitrogens is 1. The normalized spacial score (nSPS) is 11.1. The average Bonchev–Trinajstić information content (AvgIpc) is 2.86. The standard InChI is InChI=1S/C11H11N5/c1-8-3-4-9-11(13-8)15-10(14-9)7-16-6-2-5-12-16/h2-6H,7H2,1H3,(H,13,14,15). The second kappa shape index (κ2) is 3.44. The Labute approximate surface area is 92.2 Å².